The highest BCUT2D eigenvalue weighted by molar-refractivity contribution is 5.94. The van der Waals surface area contributed by atoms with Crippen LogP contribution in [0.25, 0.3) is 10.9 Å². The van der Waals surface area contributed by atoms with Crippen molar-refractivity contribution in [3.8, 4) is 5.75 Å². The van der Waals surface area contributed by atoms with Crippen LogP contribution in [0, 0.1) is 5.82 Å². The molecule has 0 aliphatic carbocycles. The number of fused-ring (bicyclic) bond motifs is 1. The third kappa shape index (κ3) is 3.20. The zero-order valence-electron chi connectivity index (χ0n) is 11.1. The molecule has 0 fully saturated rings. The first-order chi connectivity index (χ1) is 10.2. The molecule has 0 radical (unpaired) electrons. The van der Waals surface area contributed by atoms with Crippen LogP contribution in [0.1, 0.15) is 0 Å². The summed E-state index contributed by atoms with van der Waals surface area (Å²) in [7, 11) is 0. The molecular weight excluding hydrogens is 271 g/mol. The maximum absolute atomic E-state index is 12.7. The number of rotatable bonds is 4. The average molecular weight is 284 g/mol. The van der Waals surface area contributed by atoms with Crippen molar-refractivity contribution in [3.05, 3.63) is 60.5 Å². The van der Waals surface area contributed by atoms with E-state index >= 15 is 0 Å². The molecule has 5 heteroatoms. The van der Waals surface area contributed by atoms with Gasteiger partial charge in [0.1, 0.15) is 11.6 Å². The van der Waals surface area contributed by atoms with Crippen molar-refractivity contribution >= 4 is 22.5 Å². The molecule has 1 aromatic heterocycles. The minimum Gasteiger partial charge on any atom is -0.484 e. The van der Waals surface area contributed by atoms with Gasteiger partial charge in [-0.25, -0.2) is 4.39 Å². The number of carbonyl (C=O) groups is 1. The lowest BCUT2D eigenvalue weighted by molar-refractivity contribution is -0.118. The minimum absolute atomic E-state index is 0.128. The van der Waals surface area contributed by atoms with Crippen molar-refractivity contribution in [2.24, 2.45) is 0 Å². The van der Waals surface area contributed by atoms with Gasteiger partial charge in [-0.2, -0.15) is 0 Å². The van der Waals surface area contributed by atoms with Gasteiger partial charge in [-0.05, 0) is 48.5 Å². The number of ether oxygens (including phenoxy) is 1. The van der Waals surface area contributed by atoms with Crippen LogP contribution in [-0.4, -0.2) is 17.5 Å². The summed E-state index contributed by atoms with van der Waals surface area (Å²) < 4.78 is 18.0. The van der Waals surface area contributed by atoms with E-state index < -0.39 is 0 Å². The molecule has 1 amide bonds. The van der Waals surface area contributed by atoms with E-state index in [0.29, 0.717) is 11.4 Å². The molecule has 106 valence electrons. The van der Waals surface area contributed by atoms with Crippen LogP contribution >= 0.6 is 0 Å². The molecule has 0 bridgehead atoms. The Balaban J connectivity index is 1.59. The van der Waals surface area contributed by atoms with E-state index in [1.807, 2.05) is 30.5 Å². The summed E-state index contributed by atoms with van der Waals surface area (Å²) in [4.78, 5) is 14.9. The lowest BCUT2D eigenvalue weighted by Crippen LogP contribution is -2.20. The Kier molecular flexibility index (Phi) is 3.55. The van der Waals surface area contributed by atoms with Crippen LogP contribution in [0.5, 0.6) is 5.75 Å². The van der Waals surface area contributed by atoms with Crippen LogP contribution in [0.3, 0.4) is 0 Å². The number of anilines is 1. The molecule has 21 heavy (non-hydrogen) atoms. The number of benzene rings is 2. The van der Waals surface area contributed by atoms with Gasteiger partial charge in [0.25, 0.3) is 5.91 Å². The summed E-state index contributed by atoms with van der Waals surface area (Å²) in [6.07, 6.45) is 1.84. The molecule has 3 aromatic rings. The van der Waals surface area contributed by atoms with E-state index in [-0.39, 0.29) is 18.3 Å². The average Bonchev–Trinajstić information content (AvgIpc) is 2.94. The molecule has 2 N–H and O–H groups in total. The number of halogens is 1. The van der Waals surface area contributed by atoms with Crippen LogP contribution in [0.2, 0.25) is 0 Å². The molecule has 1 heterocycles. The second-order valence-corrected chi connectivity index (χ2v) is 4.57. The second-order valence-electron chi connectivity index (χ2n) is 4.57. The molecule has 0 aliphatic heterocycles. The Morgan fingerprint density at radius 2 is 1.95 bits per heavy atom. The van der Waals surface area contributed by atoms with Crippen molar-refractivity contribution in [3.63, 3.8) is 0 Å². The number of hydrogen-bond acceptors (Lipinski definition) is 2. The fraction of sp³-hybridized carbons (Fsp3) is 0.0625. The number of carbonyl (C=O) groups excluding carboxylic acids is 1. The van der Waals surface area contributed by atoms with Gasteiger partial charge in [0.05, 0.1) is 0 Å². The smallest absolute Gasteiger partial charge is 0.262 e. The van der Waals surface area contributed by atoms with E-state index in [1.54, 1.807) is 0 Å². The van der Waals surface area contributed by atoms with Crippen LogP contribution in [0.4, 0.5) is 10.1 Å². The maximum Gasteiger partial charge on any atom is 0.262 e. The van der Waals surface area contributed by atoms with E-state index in [0.717, 1.165) is 10.9 Å². The van der Waals surface area contributed by atoms with Crippen LogP contribution in [-0.2, 0) is 4.79 Å². The normalized spacial score (nSPS) is 10.5. The SMILES string of the molecule is O=C(COc1ccc(F)cc1)Nc1ccc2[nH]ccc2c1. The van der Waals surface area contributed by atoms with Crippen LogP contribution < -0.4 is 10.1 Å². The largest absolute Gasteiger partial charge is 0.484 e. The Morgan fingerprint density at radius 1 is 1.14 bits per heavy atom. The third-order valence-electron chi connectivity index (χ3n) is 3.02. The van der Waals surface area contributed by atoms with Crippen molar-refractivity contribution in [1.82, 2.24) is 4.98 Å². The summed E-state index contributed by atoms with van der Waals surface area (Å²) in [5.74, 6) is -0.159. The zero-order chi connectivity index (χ0) is 14.7. The van der Waals surface area contributed by atoms with E-state index in [9.17, 15) is 9.18 Å². The Morgan fingerprint density at radius 3 is 2.76 bits per heavy atom. The Hall–Kier alpha value is -2.82. The van der Waals surface area contributed by atoms with Crippen molar-refractivity contribution in [2.45, 2.75) is 0 Å². The quantitative estimate of drug-likeness (QED) is 0.772. The van der Waals surface area contributed by atoms with Gasteiger partial charge >= 0.3 is 0 Å². The number of nitrogens with one attached hydrogen (secondary N) is 2. The second kappa shape index (κ2) is 5.66. The fourth-order valence-electron chi connectivity index (χ4n) is 2.01. The van der Waals surface area contributed by atoms with Crippen molar-refractivity contribution in [1.29, 1.82) is 0 Å². The number of aromatic nitrogens is 1. The lowest BCUT2D eigenvalue weighted by atomic mass is 10.2. The Labute approximate surface area is 120 Å². The lowest BCUT2D eigenvalue weighted by Gasteiger charge is -2.07. The molecule has 0 saturated heterocycles. The topological polar surface area (TPSA) is 54.1 Å². The Bertz CT molecular complexity index is 765. The van der Waals surface area contributed by atoms with Crippen molar-refractivity contribution < 1.29 is 13.9 Å². The number of aromatic amines is 1. The summed E-state index contributed by atoms with van der Waals surface area (Å²) in [6, 6.07) is 13.0. The standard InChI is InChI=1S/C16H13FN2O2/c17-12-1-4-14(5-2-12)21-10-16(20)19-13-3-6-15-11(9-13)7-8-18-15/h1-9,18H,10H2,(H,19,20). The highest BCUT2D eigenvalue weighted by Crippen LogP contribution is 2.18. The molecule has 0 atom stereocenters. The van der Waals surface area contributed by atoms with Gasteiger partial charge in [-0.1, -0.05) is 0 Å². The third-order valence-corrected chi connectivity index (χ3v) is 3.02. The number of amides is 1. The van der Waals surface area contributed by atoms with Gasteiger partial charge in [-0.3, -0.25) is 4.79 Å². The summed E-state index contributed by atoms with van der Waals surface area (Å²) in [5.41, 5.74) is 1.71. The predicted octanol–water partition coefficient (Wildman–Crippen LogP) is 3.32. The molecular formula is C16H13FN2O2. The monoisotopic (exact) mass is 284 g/mol. The fourth-order valence-corrected chi connectivity index (χ4v) is 2.01. The summed E-state index contributed by atoms with van der Waals surface area (Å²) >= 11 is 0. The molecule has 2 aromatic carbocycles. The van der Waals surface area contributed by atoms with Crippen LogP contribution in [0.15, 0.2) is 54.7 Å². The maximum atomic E-state index is 12.7. The van der Waals surface area contributed by atoms with Gasteiger partial charge in [0.2, 0.25) is 0 Å². The highest BCUT2D eigenvalue weighted by Gasteiger charge is 2.05. The molecule has 3 rings (SSSR count). The van der Waals surface area contributed by atoms with Gasteiger partial charge in [-0.15, -0.1) is 0 Å². The van der Waals surface area contributed by atoms with E-state index in [2.05, 4.69) is 10.3 Å². The first-order valence-electron chi connectivity index (χ1n) is 6.46. The summed E-state index contributed by atoms with van der Waals surface area (Å²) in [5, 5.41) is 3.77. The van der Waals surface area contributed by atoms with Gasteiger partial charge in [0, 0.05) is 22.8 Å². The number of H-pyrrole nitrogens is 1. The molecule has 4 nitrogen and oxygen atoms in total. The van der Waals surface area contributed by atoms with E-state index in [4.69, 9.17) is 4.74 Å². The highest BCUT2D eigenvalue weighted by atomic mass is 19.1. The van der Waals surface area contributed by atoms with E-state index in [1.165, 1.54) is 24.3 Å². The van der Waals surface area contributed by atoms with Crippen molar-refractivity contribution in [2.75, 3.05) is 11.9 Å². The zero-order valence-corrected chi connectivity index (χ0v) is 11.1. The molecule has 0 spiro atoms. The predicted molar refractivity (Wildman–Crippen MR) is 78.8 cm³/mol. The number of hydrogen-bond donors (Lipinski definition) is 2. The van der Waals surface area contributed by atoms with Gasteiger partial charge < -0.3 is 15.0 Å². The molecule has 0 saturated carbocycles. The minimum atomic E-state index is -0.341. The first kappa shape index (κ1) is 13.2. The first-order valence-corrected chi connectivity index (χ1v) is 6.46. The molecule has 0 aliphatic rings. The molecule has 0 unspecified atom stereocenters. The van der Waals surface area contributed by atoms with Gasteiger partial charge in [0.15, 0.2) is 6.61 Å². The summed E-state index contributed by atoms with van der Waals surface area (Å²) in [6.45, 7) is -0.128.